The molecule has 0 spiro atoms. The highest BCUT2D eigenvalue weighted by Gasteiger charge is 2.33. The first-order valence-corrected chi connectivity index (χ1v) is 12.9. The van der Waals surface area contributed by atoms with E-state index in [4.69, 9.17) is 16.6 Å². The van der Waals surface area contributed by atoms with Gasteiger partial charge < -0.3 is 4.90 Å². The average molecular weight is 486 g/mol. The maximum atomic E-state index is 12.8. The van der Waals surface area contributed by atoms with Crippen molar-refractivity contribution >= 4 is 46.3 Å². The van der Waals surface area contributed by atoms with Gasteiger partial charge in [0.25, 0.3) is 0 Å². The SMILES string of the molecule is Cc1nnc2n1-c1sc3c(c1C(c1ccccc1Cl)=NC2)CCN(C(=O)CSC(C)C)C3. The van der Waals surface area contributed by atoms with Gasteiger partial charge in [-0.15, -0.1) is 33.3 Å². The number of rotatable bonds is 4. The third kappa shape index (κ3) is 3.78. The molecule has 0 saturated carbocycles. The molecule has 0 atom stereocenters. The summed E-state index contributed by atoms with van der Waals surface area (Å²) < 4.78 is 2.12. The van der Waals surface area contributed by atoms with Crippen LogP contribution >= 0.6 is 34.7 Å². The zero-order chi connectivity index (χ0) is 22.4. The number of aliphatic imine (C=N–C) groups is 1. The van der Waals surface area contributed by atoms with Crippen LogP contribution in [-0.4, -0.2) is 48.8 Å². The van der Waals surface area contributed by atoms with Gasteiger partial charge in [-0.25, -0.2) is 0 Å². The van der Waals surface area contributed by atoms with Crippen LogP contribution in [0.4, 0.5) is 0 Å². The van der Waals surface area contributed by atoms with Gasteiger partial charge in [0.05, 0.1) is 18.0 Å². The first kappa shape index (κ1) is 21.7. The van der Waals surface area contributed by atoms with Crippen LogP contribution in [0.25, 0.3) is 5.00 Å². The number of amides is 1. The first-order chi connectivity index (χ1) is 15.4. The van der Waals surface area contributed by atoms with Gasteiger partial charge in [0.1, 0.15) is 17.4 Å². The summed E-state index contributed by atoms with van der Waals surface area (Å²) in [6.07, 6.45) is 0.805. The normalized spacial score (nSPS) is 15.2. The molecule has 5 rings (SSSR count). The Bertz CT molecular complexity index is 1230. The largest absolute Gasteiger partial charge is 0.336 e. The van der Waals surface area contributed by atoms with E-state index in [1.54, 1.807) is 23.1 Å². The van der Waals surface area contributed by atoms with Crippen LogP contribution in [0.5, 0.6) is 0 Å². The van der Waals surface area contributed by atoms with Gasteiger partial charge in [-0.3, -0.25) is 14.4 Å². The van der Waals surface area contributed by atoms with E-state index in [0.29, 0.717) is 29.1 Å². The third-order valence-corrected chi connectivity index (χ3v) is 8.38. The number of carbonyl (C=O) groups excluding carboxylic acids is 1. The van der Waals surface area contributed by atoms with E-state index in [0.717, 1.165) is 46.5 Å². The quantitative estimate of drug-likeness (QED) is 0.538. The van der Waals surface area contributed by atoms with E-state index in [1.807, 2.05) is 36.1 Å². The number of aromatic nitrogens is 3. The number of fused-ring (bicyclic) bond motifs is 5. The summed E-state index contributed by atoms with van der Waals surface area (Å²) in [5.41, 5.74) is 4.22. The highest BCUT2D eigenvalue weighted by molar-refractivity contribution is 8.00. The zero-order valence-electron chi connectivity index (χ0n) is 18.3. The van der Waals surface area contributed by atoms with E-state index in [1.165, 1.54) is 10.4 Å². The number of carbonyl (C=O) groups is 1. The first-order valence-electron chi connectivity index (χ1n) is 10.7. The van der Waals surface area contributed by atoms with Crippen molar-refractivity contribution in [2.24, 2.45) is 4.99 Å². The van der Waals surface area contributed by atoms with Gasteiger partial charge in [-0.2, -0.15) is 0 Å². The molecule has 0 bridgehead atoms. The van der Waals surface area contributed by atoms with Gasteiger partial charge in [0.2, 0.25) is 5.91 Å². The molecule has 6 nitrogen and oxygen atoms in total. The average Bonchev–Trinajstić information content (AvgIpc) is 3.28. The van der Waals surface area contributed by atoms with Crippen LogP contribution < -0.4 is 0 Å². The Hall–Kier alpha value is -2.16. The van der Waals surface area contributed by atoms with Gasteiger partial charge >= 0.3 is 0 Å². The molecule has 9 heteroatoms. The predicted octanol–water partition coefficient (Wildman–Crippen LogP) is 4.67. The lowest BCUT2D eigenvalue weighted by atomic mass is 9.95. The molecule has 1 aromatic carbocycles. The van der Waals surface area contributed by atoms with Crippen LogP contribution in [0.2, 0.25) is 5.02 Å². The van der Waals surface area contributed by atoms with Gasteiger partial charge in [0.15, 0.2) is 5.82 Å². The van der Waals surface area contributed by atoms with Crippen molar-refractivity contribution in [1.29, 1.82) is 0 Å². The standard InChI is InChI=1S/C23H24ClN5OS2/c1-13(2)31-12-20(30)28-9-8-16-18(11-28)32-23-21(16)22(15-6-4-5-7-17(15)24)25-10-19-27-26-14(3)29(19)23/h4-7,13H,8-12H2,1-3H3. The van der Waals surface area contributed by atoms with Gasteiger partial charge in [0, 0.05) is 27.6 Å². The van der Waals surface area contributed by atoms with Crippen molar-refractivity contribution in [3.8, 4) is 5.00 Å². The number of aryl methyl sites for hydroxylation is 1. The number of halogens is 1. The molecule has 0 unspecified atom stereocenters. The monoisotopic (exact) mass is 485 g/mol. The molecule has 0 radical (unpaired) electrons. The lowest BCUT2D eigenvalue weighted by molar-refractivity contribution is -0.129. The topological polar surface area (TPSA) is 63.4 Å². The Labute approximate surface area is 200 Å². The molecule has 0 saturated heterocycles. The molecule has 1 amide bonds. The fourth-order valence-corrected chi connectivity index (χ4v) is 6.52. The second kappa shape index (κ2) is 8.65. The van der Waals surface area contributed by atoms with E-state index < -0.39 is 0 Å². The predicted molar refractivity (Wildman–Crippen MR) is 131 cm³/mol. The summed E-state index contributed by atoms with van der Waals surface area (Å²) in [5, 5.41) is 10.9. The van der Waals surface area contributed by atoms with E-state index in [9.17, 15) is 4.79 Å². The van der Waals surface area contributed by atoms with Crippen molar-refractivity contribution in [3.63, 3.8) is 0 Å². The summed E-state index contributed by atoms with van der Waals surface area (Å²) in [4.78, 5) is 21.0. The summed E-state index contributed by atoms with van der Waals surface area (Å²) in [6.45, 7) is 8.02. The lowest BCUT2D eigenvalue weighted by Crippen LogP contribution is -2.37. The second-order valence-electron chi connectivity index (χ2n) is 8.25. The maximum Gasteiger partial charge on any atom is 0.232 e. The smallest absolute Gasteiger partial charge is 0.232 e. The van der Waals surface area contributed by atoms with Crippen LogP contribution in [0.3, 0.4) is 0 Å². The molecule has 32 heavy (non-hydrogen) atoms. The van der Waals surface area contributed by atoms with Gasteiger partial charge in [-0.05, 0) is 30.2 Å². The number of nitrogens with zero attached hydrogens (tertiary/aromatic N) is 5. The fraction of sp³-hybridized carbons (Fsp3) is 0.391. The van der Waals surface area contributed by atoms with E-state index >= 15 is 0 Å². The Morgan fingerprint density at radius 3 is 2.88 bits per heavy atom. The number of hydrogen-bond donors (Lipinski definition) is 0. The Kier molecular flexibility index (Phi) is 5.86. The molecule has 0 aliphatic carbocycles. The summed E-state index contributed by atoms with van der Waals surface area (Å²) >= 11 is 10.0. The van der Waals surface area contributed by atoms with Crippen LogP contribution in [0, 0.1) is 6.92 Å². The molecule has 3 aromatic rings. The molecule has 166 valence electrons. The van der Waals surface area contributed by atoms with Crippen LogP contribution in [0.15, 0.2) is 29.3 Å². The molecule has 2 aliphatic heterocycles. The second-order valence-corrected chi connectivity index (χ2v) is 11.3. The Morgan fingerprint density at radius 2 is 2.09 bits per heavy atom. The number of hydrogen-bond acceptors (Lipinski definition) is 6. The minimum absolute atomic E-state index is 0.208. The van der Waals surface area contributed by atoms with Crippen molar-refractivity contribution in [2.45, 2.75) is 45.5 Å². The van der Waals surface area contributed by atoms with E-state index in [-0.39, 0.29) is 5.91 Å². The number of benzene rings is 1. The molecule has 4 heterocycles. The summed E-state index contributed by atoms with van der Waals surface area (Å²) in [7, 11) is 0. The molecular formula is C23H24ClN5OS2. The number of thioether (sulfide) groups is 1. The van der Waals surface area contributed by atoms with Crippen molar-refractivity contribution in [2.75, 3.05) is 12.3 Å². The minimum atomic E-state index is 0.208. The van der Waals surface area contributed by atoms with Crippen molar-refractivity contribution < 1.29 is 4.79 Å². The van der Waals surface area contributed by atoms with Crippen LogP contribution in [0.1, 0.15) is 47.1 Å². The maximum absolute atomic E-state index is 12.8. The molecule has 0 N–H and O–H groups in total. The van der Waals surface area contributed by atoms with Gasteiger partial charge in [-0.1, -0.05) is 43.6 Å². The molecular weight excluding hydrogens is 462 g/mol. The number of thiophene rings is 1. The summed E-state index contributed by atoms with van der Waals surface area (Å²) in [5.74, 6) is 2.40. The molecule has 0 fully saturated rings. The minimum Gasteiger partial charge on any atom is -0.336 e. The van der Waals surface area contributed by atoms with Crippen molar-refractivity contribution in [1.82, 2.24) is 19.7 Å². The lowest BCUT2D eigenvalue weighted by Gasteiger charge is -2.27. The molecule has 2 aliphatic rings. The van der Waals surface area contributed by atoms with E-state index in [2.05, 4.69) is 28.6 Å². The third-order valence-electron chi connectivity index (χ3n) is 5.77. The highest BCUT2D eigenvalue weighted by atomic mass is 35.5. The zero-order valence-corrected chi connectivity index (χ0v) is 20.6. The van der Waals surface area contributed by atoms with Crippen LogP contribution in [-0.2, 0) is 24.3 Å². The Morgan fingerprint density at radius 1 is 1.28 bits per heavy atom. The highest BCUT2D eigenvalue weighted by Crippen LogP contribution is 2.40. The van der Waals surface area contributed by atoms with Crippen molar-refractivity contribution in [3.05, 3.63) is 62.5 Å². The Balaban J connectivity index is 1.60. The summed E-state index contributed by atoms with van der Waals surface area (Å²) in [6, 6.07) is 7.85. The molecule has 2 aromatic heterocycles. The fourth-order valence-electron chi connectivity index (χ4n) is 4.21.